The number of furan rings is 1. The van der Waals surface area contributed by atoms with Crippen molar-refractivity contribution >= 4 is 0 Å². The number of rotatable bonds is 7. The van der Waals surface area contributed by atoms with E-state index in [4.69, 9.17) is 4.42 Å². The molecular weight excluding hydrogens is 248 g/mol. The van der Waals surface area contributed by atoms with Crippen LogP contribution in [0.4, 0.5) is 0 Å². The van der Waals surface area contributed by atoms with Gasteiger partial charge in [-0.1, -0.05) is 19.9 Å². The first-order valence-electron chi connectivity index (χ1n) is 7.46. The second-order valence-electron chi connectivity index (χ2n) is 5.13. The highest BCUT2D eigenvalue weighted by Gasteiger charge is 2.18. The molecular formula is C17H24N2O. The van der Waals surface area contributed by atoms with Crippen molar-refractivity contribution in [2.24, 2.45) is 0 Å². The zero-order chi connectivity index (χ0) is 14.4. The van der Waals surface area contributed by atoms with Crippen molar-refractivity contribution in [3.8, 4) is 0 Å². The zero-order valence-corrected chi connectivity index (χ0v) is 12.6. The third-order valence-corrected chi connectivity index (χ3v) is 3.63. The topological polar surface area (TPSA) is 38.1 Å². The summed E-state index contributed by atoms with van der Waals surface area (Å²) in [5.41, 5.74) is 3.67. The maximum atomic E-state index is 5.58. The van der Waals surface area contributed by atoms with Crippen LogP contribution in [0, 0.1) is 6.92 Å². The normalized spacial score (nSPS) is 12.6. The Morgan fingerprint density at radius 3 is 2.85 bits per heavy atom. The summed E-state index contributed by atoms with van der Waals surface area (Å²) >= 11 is 0. The zero-order valence-electron chi connectivity index (χ0n) is 12.6. The first kappa shape index (κ1) is 14.8. The number of nitrogens with one attached hydrogen (secondary N) is 1. The van der Waals surface area contributed by atoms with Crippen LogP contribution in [0.5, 0.6) is 0 Å². The van der Waals surface area contributed by atoms with Gasteiger partial charge >= 0.3 is 0 Å². The molecule has 0 aromatic carbocycles. The highest BCUT2D eigenvalue weighted by molar-refractivity contribution is 5.26. The van der Waals surface area contributed by atoms with Gasteiger partial charge in [0.1, 0.15) is 5.76 Å². The average Bonchev–Trinajstić information content (AvgIpc) is 2.93. The van der Waals surface area contributed by atoms with Gasteiger partial charge in [0.2, 0.25) is 0 Å². The number of nitrogens with zero attached hydrogens (tertiary/aromatic N) is 1. The molecule has 3 heteroatoms. The lowest BCUT2D eigenvalue weighted by atomic mass is 9.99. The lowest BCUT2D eigenvalue weighted by Gasteiger charge is -2.19. The van der Waals surface area contributed by atoms with E-state index in [1.165, 1.54) is 11.1 Å². The summed E-state index contributed by atoms with van der Waals surface area (Å²) in [5, 5.41) is 3.62. The summed E-state index contributed by atoms with van der Waals surface area (Å²) in [5.74, 6) is 1.08. The molecule has 2 aromatic heterocycles. The highest BCUT2D eigenvalue weighted by Crippen LogP contribution is 2.24. The van der Waals surface area contributed by atoms with Crippen LogP contribution in [-0.2, 0) is 12.8 Å². The fourth-order valence-corrected chi connectivity index (χ4v) is 2.48. The Hall–Kier alpha value is -1.61. The minimum absolute atomic E-state index is 0.275. The van der Waals surface area contributed by atoms with E-state index in [1.54, 1.807) is 6.26 Å². The molecule has 108 valence electrons. The minimum Gasteiger partial charge on any atom is -0.469 e. The van der Waals surface area contributed by atoms with Crippen LogP contribution in [0.3, 0.4) is 0 Å². The molecule has 0 aliphatic carbocycles. The molecule has 0 aliphatic rings. The van der Waals surface area contributed by atoms with Gasteiger partial charge in [-0.2, -0.15) is 0 Å². The van der Waals surface area contributed by atoms with E-state index >= 15 is 0 Å². The maximum Gasteiger partial charge on any atom is 0.108 e. The summed E-state index contributed by atoms with van der Waals surface area (Å²) in [6.45, 7) is 7.44. The first-order chi connectivity index (χ1) is 9.76. The third-order valence-electron chi connectivity index (χ3n) is 3.63. The highest BCUT2D eigenvalue weighted by atomic mass is 16.3. The molecule has 1 N–H and O–H groups in total. The van der Waals surface area contributed by atoms with E-state index in [2.05, 4.69) is 43.2 Å². The Labute approximate surface area is 121 Å². The monoisotopic (exact) mass is 272 g/mol. The van der Waals surface area contributed by atoms with Crippen molar-refractivity contribution in [1.29, 1.82) is 0 Å². The molecule has 0 amide bonds. The molecule has 0 bridgehead atoms. The second-order valence-corrected chi connectivity index (χ2v) is 5.13. The molecule has 0 saturated carbocycles. The van der Waals surface area contributed by atoms with Crippen molar-refractivity contribution in [3.63, 3.8) is 0 Å². The number of hydrogen-bond donors (Lipinski definition) is 1. The summed E-state index contributed by atoms with van der Waals surface area (Å²) in [6, 6.07) is 6.47. The fraction of sp³-hybridized carbons (Fsp3) is 0.471. The van der Waals surface area contributed by atoms with Crippen molar-refractivity contribution < 1.29 is 4.42 Å². The smallest absolute Gasteiger partial charge is 0.108 e. The van der Waals surface area contributed by atoms with Gasteiger partial charge in [-0.3, -0.25) is 4.98 Å². The predicted octanol–water partition coefficient (Wildman–Crippen LogP) is 3.83. The Bertz CT molecular complexity index is 533. The molecule has 2 aromatic rings. The van der Waals surface area contributed by atoms with Gasteiger partial charge < -0.3 is 9.73 Å². The molecule has 0 aliphatic heterocycles. The number of aromatic nitrogens is 1. The number of aryl methyl sites for hydroxylation is 2. The van der Waals surface area contributed by atoms with E-state index < -0.39 is 0 Å². The average molecular weight is 272 g/mol. The molecule has 1 unspecified atom stereocenters. The summed E-state index contributed by atoms with van der Waals surface area (Å²) in [6.07, 6.45) is 6.61. The van der Waals surface area contributed by atoms with E-state index in [0.717, 1.165) is 37.3 Å². The number of hydrogen-bond acceptors (Lipinski definition) is 3. The van der Waals surface area contributed by atoms with Crippen molar-refractivity contribution in [1.82, 2.24) is 10.3 Å². The standard InChI is InChI=1S/C17H24N2O/c1-4-9-18-16(14-8-11-20-17(14)5-2)12-15-13(3)7-6-10-19-15/h6-8,10-11,16,18H,4-5,9,12H2,1-3H3. The SMILES string of the molecule is CCCNC(Cc1ncccc1C)c1ccoc1CC. The molecule has 20 heavy (non-hydrogen) atoms. The molecule has 0 saturated heterocycles. The Balaban J connectivity index is 2.22. The predicted molar refractivity (Wildman–Crippen MR) is 81.8 cm³/mol. The maximum absolute atomic E-state index is 5.58. The lowest BCUT2D eigenvalue weighted by molar-refractivity contribution is 0.479. The van der Waals surface area contributed by atoms with Crippen molar-refractivity contribution in [3.05, 3.63) is 53.2 Å². The largest absolute Gasteiger partial charge is 0.469 e. The quantitative estimate of drug-likeness (QED) is 0.832. The van der Waals surface area contributed by atoms with Crippen LogP contribution >= 0.6 is 0 Å². The van der Waals surface area contributed by atoms with E-state index in [1.807, 2.05) is 12.3 Å². The van der Waals surface area contributed by atoms with Gasteiger partial charge in [-0.05, 0) is 37.6 Å². The van der Waals surface area contributed by atoms with Crippen molar-refractivity contribution in [2.45, 2.75) is 46.1 Å². The van der Waals surface area contributed by atoms with Gasteiger partial charge in [0.15, 0.2) is 0 Å². The molecule has 2 heterocycles. The number of pyridine rings is 1. The molecule has 2 rings (SSSR count). The van der Waals surface area contributed by atoms with E-state index in [-0.39, 0.29) is 6.04 Å². The molecule has 1 atom stereocenters. The summed E-state index contributed by atoms with van der Waals surface area (Å²) in [4.78, 5) is 4.52. The Morgan fingerprint density at radius 2 is 2.15 bits per heavy atom. The van der Waals surface area contributed by atoms with Gasteiger partial charge in [-0.15, -0.1) is 0 Å². The fourth-order valence-electron chi connectivity index (χ4n) is 2.48. The molecule has 3 nitrogen and oxygen atoms in total. The lowest BCUT2D eigenvalue weighted by Crippen LogP contribution is -2.25. The van der Waals surface area contributed by atoms with Crippen LogP contribution in [-0.4, -0.2) is 11.5 Å². The van der Waals surface area contributed by atoms with Crippen LogP contribution in [0.2, 0.25) is 0 Å². The van der Waals surface area contributed by atoms with Crippen molar-refractivity contribution in [2.75, 3.05) is 6.54 Å². The van der Waals surface area contributed by atoms with Gasteiger partial charge in [0.05, 0.1) is 6.26 Å². The third kappa shape index (κ3) is 3.48. The second kappa shape index (κ2) is 7.25. The van der Waals surface area contributed by atoms with E-state index in [9.17, 15) is 0 Å². The first-order valence-corrected chi connectivity index (χ1v) is 7.46. The van der Waals surface area contributed by atoms with Gasteiger partial charge in [0, 0.05) is 36.3 Å². The molecule has 0 radical (unpaired) electrons. The summed E-state index contributed by atoms with van der Waals surface area (Å²) < 4.78 is 5.58. The minimum atomic E-state index is 0.275. The van der Waals surface area contributed by atoms with Crippen LogP contribution in [0.25, 0.3) is 0 Å². The Kier molecular flexibility index (Phi) is 5.36. The van der Waals surface area contributed by atoms with Crippen LogP contribution in [0.15, 0.2) is 35.1 Å². The molecule has 0 fully saturated rings. The Morgan fingerprint density at radius 1 is 1.30 bits per heavy atom. The van der Waals surface area contributed by atoms with Gasteiger partial charge in [0.25, 0.3) is 0 Å². The summed E-state index contributed by atoms with van der Waals surface area (Å²) in [7, 11) is 0. The molecule has 0 spiro atoms. The van der Waals surface area contributed by atoms with Gasteiger partial charge in [-0.25, -0.2) is 0 Å². The van der Waals surface area contributed by atoms with Crippen LogP contribution < -0.4 is 5.32 Å². The van der Waals surface area contributed by atoms with Crippen LogP contribution in [0.1, 0.15) is 48.9 Å². The van der Waals surface area contributed by atoms with E-state index in [0.29, 0.717) is 0 Å².